The van der Waals surface area contributed by atoms with Crippen LogP contribution in [0.2, 0.25) is 0 Å². The molecule has 6 heteroatoms. The van der Waals surface area contributed by atoms with Crippen LogP contribution in [-0.2, 0) is 6.18 Å². The lowest BCUT2D eigenvalue weighted by molar-refractivity contribution is -0.137. The van der Waals surface area contributed by atoms with Crippen molar-refractivity contribution in [3.8, 4) is 61.8 Å². The molecule has 0 unspecified atom stereocenters. The van der Waals surface area contributed by atoms with Crippen LogP contribution < -0.4 is 0 Å². The number of aryl methyl sites for hydroxylation is 2. The Morgan fingerprint density at radius 3 is 1.60 bits per heavy atom. The van der Waals surface area contributed by atoms with Gasteiger partial charge in [0.05, 0.1) is 33.7 Å². The van der Waals surface area contributed by atoms with Crippen LogP contribution in [0.5, 0.6) is 0 Å². The molecule has 0 saturated heterocycles. The molecule has 2 aromatic heterocycles. The molecule has 0 radical (unpaired) electrons. The molecule has 9 aromatic rings. The summed E-state index contributed by atoms with van der Waals surface area (Å²) in [6, 6.07) is 54.7. The van der Waals surface area contributed by atoms with Crippen LogP contribution in [0.4, 0.5) is 13.2 Å². The van der Waals surface area contributed by atoms with E-state index in [-0.39, 0.29) is 0 Å². The molecule has 0 aliphatic heterocycles. The largest absolute Gasteiger partial charge is 0.416 e. The summed E-state index contributed by atoms with van der Waals surface area (Å²) in [7, 11) is 0. The Labute approximate surface area is 317 Å². The van der Waals surface area contributed by atoms with Gasteiger partial charge in [0, 0.05) is 38.6 Å². The van der Waals surface area contributed by atoms with Crippen LogP contribution in [0.1, 0.15) is 16.7 Å². The van der Waals surface area contributed by atoms with Gasteiger partial charge in [-0.1, -0.05) is 132 Å². The maximum Gasteiger partial charge on any atom is 0.416 e. The van der Waals surface area contributed by atoms with Gasteiger partial charge in [0.1, 0.15) is 0 Å². The standard InChI is InChI=1S/C49H34F3N3/c1-31-17-20-33(21-18-31)40-28-37(44-30-43(35-11-5-3-6-12-35)53-48(54-44)36-13-7-4-8-14-36)29-41(34-22-24-38(25-23-34)49(50,51)52)47(40)55-45-16-10-9-15-39(45)42-27-32(2)19-26-46(42)55/h3-30H,1-2H3. The molecule has 0 fully saturated rings. The van der Waals surface area contributed by atoms with Gasteiger partial charge in [0.25, 0.3) is 0 Å². The van der Waals surface area contributed by atoms with Gasteiger partial charge in [0.15, 0.2) is 5.82 Å². The first kappa shape index (κ1) is 34.0. The molecular formula is C49H34F3N3. The topological polar surface area (TPSA) is 30.7 Å². The lowest BCUT2D eigenvalue weighted by atomic mass is 9.91. The van der Waals surface area contributed by atoms with Gasteiger partial charge in [-0.3, -0.25) is 0 Å². The van der Waals surface area contributed by atoms with Crippen molar-refractivity contribution in [3.05, 3.63) is 187 Å². The van der Waals surface area contributed by atoms with E-state index in [1.807, 2.05) is 78.9 Å². The number of para-hydroxylation sites is 1. The first-order chi connectivity index (χ1) is 26.7. The third kappa shape index (κ3) is 6.36. The number of hydrogen-bond acceptors (Lipinski definition) is 2. The minimum absolute atomic E-state index is 0.576. The van der Waals surface area contributed by atoms with Gasteiger partial charge in [0.2, 0.25) is 0 Å². The fraction of sp³-hybridized carbons (Fsp3) is 0.0612. The van der Waals surface area contributed by atoms with Gasteiger partial charge in [-0.05, 0) is 73.5 Å². The van der Waals surface area contributed by atoms with Crippen LogP contribution in [0.25, 0.3) is 83.6 Å². The summed E-state index contributed by atoms with van der Waals surface area (Å²) < 4.78 is 44.1. The van der Waals surface area contributed by atoms with Gasteiger partial charge < -0.3 is 4.57 Å². The van der Waals surface area contributed by atoms with E-state index in [2.05, 4.69) is 85.1 Å². The van der Waals surface area contributed by atoms with E-state index in [9.17, 15) is 13.2 Å². The highest BCUT2D eigenvalue weighted by Crippen LogP contribution is 2.45. The van der Waals surface area contributed by atoms with Crippen molar-refractivity contribution >= 4 is 21.8 Å². The second-order valence-corrected chi connectivity index (χ2v) is 13.9. The molecule has 0 atom stereocenters. The second-order valence-electron chi connectivity index (χ2n) is 13.9. The van der Waals surface area contributed by atoms with Gasteiger partial charge in [-0.25, -0.2) is 9.97 Å². The molecule has 0 aliphatic carbocycles. The maximum absolute atomic E-state index is 13.9. The molecule has 0 spiro atoms. The molecule has 0 saturated carbocycles. The van der Waals surface area contributed by atoms with Crippen LogP contribution in [0, 0.1) is 13.8 Å². The van der Waals surface area contributed by atoms with Gasteiger partial charge >= 0.3 is 6.18 Å². The monoisotopic (exact) mass is 721 g/mol. The number of aromatic nitrogens is 3. The summed E-state index contributed by atoms with van der Waals surface area (Å²) in [5, 5.41) is 2.19. The SMILES string of the molecule is Cc1ccc(-c2cc(-c3cc(-c4ccccc4)nc(-c4ccccc4)n3)cc(-c3ccc(C(F)(F)F)cc3)c2-n2c3ccccc3c3cc(C)ccc32)cc1. The molecular weight excluding hydrogens is 688 g/mol. The summed E-state index contributed by atoms with van der Waals surface area (Å²) in [5.74, 6) is 0.576. The van der Waals surface area contributed by atoms with Gasteiger partial charge in [-0.2, -0.15) is 13.2 Å². The lowest BCUT2D eigenvalue weighted by Crippen LogP contribution is -2.05. The molecule has 0 bridgehead atoms. The van der Waals surface area contributed by atoms with Crippen molar-refractivity contribution in [1.82, 2.24) is 14.5 Å². The number of alkyl halides is 3. The Kier molecular flexibility index (Phi) is 8.39. The Bertz CT molecular complexity index is 2780. The second kappa shape index (κ2) is 13.6. The summed E-state index contributed by atoms with van der Waals surface area (Å²) in [6.45, 7) is 4.14. The molecule has 0 N–H and O–H groups in total. The van der Waals surface area contributed by atoms with Crippen molar-refractivity contribution in [3.63, 3.8) is 0 Å². The highest BCUT2D eigenvalue weighted by Gasteiger charge is 2.30. The zero-order valence-electron chi connectivity index (χ0n) is 30.1. The van der Waals surface area contributed by atoms with Crippen molar-refractivity contribution in [2.45, 2.75) is 20.0 Å². The number of benzene rings is 7. The van der Waals surface area contributed by atoms with E-state index in [4.69, 9.17) is 9.97 Å². The van der Waals surface area contributed by atoms with E-state index < -0.39 is 11.7 Å². The Hall–Kier alpha value is -6.79. The highest BCUT2D eigenvalue weighted by molar-refractivity contribution is 6.11. The fourth-order valence-corrected chi connectivity index (χ4v) is 7.43. The zero-order valence-corrected chi connectivity index (χ0v) is 30.1. The molecule has 3 nitrogen and oxygen atoms in total. The van der Waals surface area contributed by atoms with Crippen molar-refractivity contribution < 1.29 is 13.2 Å². The average Bonchev–Trinajstić information content (AvgIpc) is 3.54. The minimum Gasteiger partial charge on any atom is -0.308 e. The molecule has 7 aromatic carbocycles. The van der Waals surface area contributed by atoms with E-state index in [0.717, 1.165) is 89.8 Å². The quantitative estimate of drug-likeness (QED) is 0.171. The van der Waals surface area contributed by atoms with Crippen molar-refractivity contribution in [2.75, 3.05) is 0 Å². The molecule has 0 aliphatic rings. The number of nitrogens with zero attached hydrogens (tertiary/aromatic N) is 3. The minimum atomic E-state index is -4.47. The fourth-order valence-electron chi connectivity index (χ4n) is 7.43. The Morgan fingerprint density at radius 1 is 0.436 bits per heavy atom. The normalized spacial score (nSPS) is 11.7. The van der Waals surface area contributed by atoms with Crippen LogP contribution in [-0.4, -0.2) is 14.5 Å². The van der Waals surface area contributed by atoms with E-state index in [1.54, 1.807) is 12.1 Å². The summed E-state index contributed by atoms with van der Waals surface area (Å²) in [4.78, 5) is 10.2. The number of halogens is 3. The van der Waals surface area contributed by atoms with Crippen LogP contribution in [0.15, 0.2) is 170 Å². The molecule has 55 heavy (non-hydrogen) atoms. The summed E-state index contributed by atoms with van der Waals surface area (Å²) in [6.07, 6.45) is -4.47. The summed E-state index contributed by atoms with van der Waals surface area (Å²) >= 11 is 0. The van der Waals surface area contributed by atoms with Crippen LogP contribution >= 0.6 is 0 Å². The Balaban J connectivity index is 1.41. The van der Waals surface area contributed by atoms with E-state index in [1.165, 1.54) is 0 Å². The smallest absolute Gasteiger partial charge is 0.308 e. The first-order valence-electron chi connectivity index (χ1n) is 18.1. The van der Waals surface area contributed by atoms with E-state index in [0.29, 0.717) is 17.1 Å². The predicted octanol–water partition coefficient (Wildman–Crippen LogP) is 13.5. The first-order valence-corrected chi connectivity index (χ1v) is 18.1. The molecule has 9 rings (SSSR count). The van der Waals surface area contributed by atoms with E-state index >= 15 is 0 Å². The Morgan fingerprint density at radius 2 is 0.964 bits per heavy atom. The third-order valence-corrected chi connectivity index (χ3v) is 10.2. The predicted molar refractivity (Wildman–Crippen MR) is 218 cm³/mol. The van der Waals surface area contributed by atoms with Crippen LogP contribution in [0.3, 0.4) is 0 Å². The third-order valence-electron chi connectivity index (χ3n) is 10.2. The number of hydrogen-bond donors (Lipinski definition) is 0. The highest BCUT2D eigenvalue weighted by atomic mass is 19.4. The average molecular weight is 722 g/mol. The van der Waals surface area contributed by atoms with Gasteiger partial charge in [-0.15, -0.1) is 0 Å². The van der Waals surface area contributed by atoms with Crippen molar-refractivity contribution in [2.24, 2.45) is 0 Å². The lowest BCUT2D eigenvalue weighted by Gasteiger charge is -2.22. The maximum atomic E-state index is 13.9. The zero-order chi connectivity index (χ0) is 37.7. The van der Waals surface area contributed by atoms with Crippen molar-refractivity contribution in [1.29, 1.82) is 0 Å². The number of rotatable bonds is 6. The molecule has 266 valence electrons. The molecule has 2 heterocycles. The number of fused-ring (bicyclic) bond motifs is 3. The molecule has 0 amide bonds. The summed E-state index contributed by atoms with van der Waals surface area (Å²) in [5.41, 5.74) is 11.8.